The topological polar surface area (TPSA) is 0 Å². The highest BCUT2D eigenvalue weighted by atomic mass is 19.1. The highest BCUT2D eigenvalue weighted by Gasteiger charge is 1.86. The van der Waals surface area contributed by atoms with Crippen LogP contribution in [0.1, 0.15) is 6.92 Å². The Hall–Kier alpha value is -0.920. The quantitative estimate of drug-likeness (QED) is 0.534. The van der Waals surface area contributed by atoms with Gasteiger partial charge in [0.25, 0.3) is 0 Å². The molecule has 0 rings (SSSR count). The third-order valence-electron chi connectivity index (χ3n) is 0.960. The predicted octanol–water partition coefficient (Wildman–Crippen LogP) is 2.94. The summed E-state index contributed by atoms with van der Waals surface area (Å²) in [5.74, 6) is -0.442. The van der Waals surface area contributed by atoms with Crippen molar-refractivity contribution in [2.45, 2.75) is 6.92 Å². The highest BCUT2D eigenvalue weighted by Crippen LogP contribution is 2.03. The largest absolute Gasteiger partial charge is 0.247 e. The maximum atomic E-state index is 12.3. The minimum Gasteiger partial charge on any atom is -0.247 e. The summed E-state index contributed by atoms with van der Waals surface area (Å²) in [5, 5.41) is 0. The summed E-state index contributed by atoms with van der Waals surface area (Å²) >= 11 is 0. The molecule has 0 aromatic heterocycles. The Labute approximate surface area is 59.6 Å². The molecule has 0 aliphatic heterocycles. The highest BCUT2D eigenvalue weighted by molar-refractivity contribution is 5.23. The first-order chi connectivity index (χ1) is 4.70. The smallest absolute Gasteiger partial charge is 0.122 e. The summed E-state index contributed by atoms with van der Waals surface area (Å²) in [6.07, 6.45) is 3.60. The van der Waals surface area contributed by atoms with E-state index >= 15 is 0 Å². The van der Waals surface area contributed by atoms with Crippen molar-refractivity contribution in [2.75, 3.05) is 6.67 Å². The van der Waals surface area contributed by atoms with Gasteiger partial charge in [0, 0.05) is 0 Å². The van der Waals surface area contributed by atoms with Gasteiger partial charge in [0.05, 0.1) is 0 Å². The van der Waals surface area contributed by atoms with Crippen LogP contribution in [0.4, 0.5) is 8.78 Å². The molecule has 0 aromatic carbocycles. The molecule has 56 valence electrons. The van der Waals surface area contributed by atoms with E-state index in [2.05, 4.69) is 6.58 Å². The standard InChI is InChI=1S/C8H10F2/c1-3-8(10)6-7(2)4-5-9/h3-4,6H,1,5H2,2H3/b7-4-,8-6+. The monoisotopic (exact) mass is 144 g/mol. The van der Waals surface area contributed by atoms with Crippen LogP contribution in [-0.4, -0.2) is 6.67 Å². The van der Waals surface area contributed by atoms with E-state index in [1.807, 2.05) is 0 Å². The first-order valence-electron chi connectivity index (χ1n) is 2.93. The van der Waals surface area contributed by atoms with Gasteiger partial charge >= 0.3 is 0 Å². The van der Waals surface area contributed by atoms with E-state index in [9.17, 15) is 8.78 Å². The Bertz CT molecular complexity index is 166. The molecule has 0 fully saturated rings. The molecule has 10 heavy (non-hydrogen) atoms. The second-order valence-electron chi connectivity index (χ2n) is 1.84. The zero-order chi connectivity index (χ0) is 7.98. The van der Waals surface area contributed by atoms with E-state index in [-0.39, 0.29) is 0 Å². The second kappa shape index (κ2) is 4.91. The van der Waals surface area contributed by atoms with E-state index in [0.717, 1.165) is 6.08 Å². The normalized spacial score (nSPS) is 13.5. The van der Waals surface area contributed by atoms with Gasteiger partial charge in [0.15, 0.2) is 0 Å². The lowest BCUT2D eigenvalue weighted by Crippen LogP contribution is -1.72. The van der Waals surface area contributed by atoms with E-state index in [4.69, 9.17) is 0 Å². The lowest BCUT2D eigenvalue weighted by molar-refractivity contribution is 0.560. The molecular formula is C8H10F2. The van der Waals surface area contributed by atoms with Gasteiger partial charge in [0.2, 0.25) is 0 Å². The van der Waals surface area contributed by atoms with Crippen LogP contribution in [0.25, 0.3) is 0 Å². The number of halogens is 2. The van der Waals surface area contributed by atoms with Crippen LogP contribution in [0.5, 0.6) is 0 Å². The zero-order valence-corrected chi connectivity index (χ0v) is 5.90. The van der Waals surface area contributed by atoms with Crippen LogP contribution >= 0.6 is 0 Å². The van der Waals surface area contributed by atoms with Crippen LogP contribution in [-0.2, 0) is 0 Å². The average Bonchev–Trinajstić information content (AvgIpc) is 1.88. The minimum atomic E-state index is -0.563. The van der Waals surface area contributed by atoms with E-state index in [0.29, 0.717) is 5.57 Å². The molecule has 0 amide bonds. The summed E-state index contributed by atoms with van der Waals surface area (Å²) in [4.78, 5) is 0. The van der Waals surface area contributed by atoms with Crippen LogP contribution in [0, 0.1) is 0 Å². The fraction of sp³-hybridized carbons (Fsp3) is 0.250. The Morgan fingerprint density at radius 1 is 1.60 bits per heavy atom. The Morgan fingerprint density at radius 2 is 2.20 bits per heavy atom. The van der Waals surface area contributed by atoms with Crippen molar-refractivity contribution >= 4 is 0 Å². The van der Waals surface area contributed by atoms with Crippen molar-refractivity contribution in [3.05, 3.63) is 36.2 Å². The van der Waals surface area contributed by atoms with Crippen molar-refractivity contribution in [1.82, 2.24) is 0 Å². The summed E-state index contributed by atoms with van der Waals surface area (Å²) < 4.78 is 23.8. The van der Waals surface area contributed by atoms with Crippen LogP contribution in [0.3, 0.4) is 0 Å². The van der Waals surface area contributed by atoms with Gasteiger partial charge in [-0.2, -0.15) is 0 Å². The second-order valence-corrected chi connectivity index (χ2v) is 1.84. The SMILES string of the molecule is C=C/C(F)=C\C(C)=C/CF. The van der Waals surface area contributed by atoms with Crippen molar-refractivity contribution in [2.24, 2.45) is 0 Å². The third-order valence-corrected chi connectivity index (χ3v) is 0.960. The maximum Gasteiger partial charge on any atom is 0.122 e. The first-order valence-corrected chi connectivity index (χ1v) is 2.93. The lowest BCUT2D eigenvalue weighted by atomic mass is 10.2. The molecule has 0 unspecified atom stereocenters. The molecule has 0 N–H and O–H groups in total. The average molecular weight is 144 g/mol. The Kier molecular flexibility index (Phi) is 4.46. The van der Waals surface area contributed by atoms with E-state index in [1.165, 1.54) is 12.2 Å². The number of allylic oxidation sites excluding steroid dienone is 5. The van der Waals surface area contributed by atoms with Crippen molar-refractivity contribution in [3.8, 4) is 0 Å². The predicted molar refractivity (Wildman–Crippen MR) is 39.1 cm³/mol. The van der Waals surface area contributed by atoms with Gasteiger partial charge in [0.1, 0.15) is 12.5 Å². The fourth-order valence-electron chi connectivity index (χ4n) is 0.457. The molecule has 0 saturated carbocycles. The van der Waals surface area contributed by atoms with Gasteiger partial charge in [-0.25, -0.2) is 8.78 Å². The van der Waals surface area contributed by atoms with Crippen LogP contribution in [0.2, 0.25) is 0 Å². The molecule has 0 nitrogen and oxygen atoms in total. The third kappa shape index (κ3) is 4.01. The molecule has 0 aliphatic carbocycles. The molecule has 0 atom stereocenters. The van der Waals surface area contributed by atoms with Gasteiger partial charge in [-0.05, 0) is 24.6 Å². The number of alkyl halides is 1. The van der Waals surface area contributed by atoms with E-state index in [1.54, 1.807) is 6.92 Å². The first kappa shape index (κ1) is 9.08. The van der Waals surface area contributed by atoms with Crippen LogP contribution < -0.4 is 0 Å². The van der Waals surface area contributed by atoms with Gasteiger partial charge in [-0.15, -0.1) is 0 Å². The Balaban J connectivity index is 4.11. The molecule has 2 heteroatoms. The fourth-order valence-corrected chi connectivity index (χ4v) is 0.457. The molecule has 0 spiro atoms. The molecule has 0 radical (unpaired) electrons. The summed E-state index contributed by atoms with van der Waals surface area (Å²) in [6, 6.07) is 0. The number of rotatable bonds is 3. The Morgan fingerprint density at radius 3 is 2.60 bits per heavy atom. The number of hydrogen-bond acceptors (Lipinski definition) is 0. The molecular weight excluding hydrogens is 134 g/mol. The van der Waals surface area contributed by atoms with Gasteiger partial charge in [-0.1, -0.05) is 12.7 Å². The molecule has 0 saturated heterocycles. The summed E-state index contributed by atoms with van der Waals surface area (Å²) in [6.45, 7) is 4.27. The van der Waals surface area contributed by atoms with E-state index < -0.39 is 12.5 Å². The molecule has 0 bridgehead atoms. The van der Waals surface area contributed by atoms with Crippen molar-refractivity contribution in [1.29, 1.82) is 0 Å². The lowest BCUT2D eigenvalue weighted by Gasteiger charge is -1.88. The molecule has 0 aliphatic rings. The summed E-state index contributed by atoms with van der Waals surface area (Å²) in [7, 11) is 0. The number of hydrogen-bond donors (Lipinski definition) is 0. The van der Waals surface area contributed by atoms with Gasteiger partial charge in [-0.3, -0.25) is 0 Å². The minimum absolute atomic E-state index is 0.442. The van der Waals surface area contributed by atoms with Crippen molar-refractivity contribution in [3.63, 3.8) is 0 Å². The van der Waals surface area contributed by atoms with Crippen LogP contribution in [0.15, 0.2) is 36.2 Å². The molecule has 0 aromatic rings. The molecule has 0 heterocycles. The van der Waals surface area contributed by atoms with Gasteiger partial charge < -0.3 is 0 Å². The summed E-state index contributed by atoms with van der Waals surface area (Å²) in [5.41, 5.74) is 0.569. The maximum absolute atomic E-state index is 12.3. The van der Waals surface area contributed by atoms with Crippen molar-refractivity contribution < 1.29 is 8.78 Å². The zero-order valence-electron chi connectivity index (χ0n) is 5.90.